The minimum Gasteiger partial charge on any atom is -0.481 e. The zero-order valence-corrected chi connectivity index (χ0v) is 19.5. The molecule has 0 radical (unpaired) electrons. The van der Waals surface area contributed by atoms with Crippen LogP contribution in [0, 0.1) is 17.6 Å². The van der Waals surface area contributed by atoms with E-state index in [0.717, 1.165) is 35.6 Å². The summed E-state index contributed by atoms with van der Waals surface area (Å²) >= 11 is 0. The van der Waals surface area contributed by atoms with E-state index in [1.54, 1.807) is 4.90 Å². The molecule has 0 unspecified atom stereocenters. The number of ketones is 1. The van der Waals surface area contributed by atoms with Crippen LogP contribution >= 0.6 is 0 Å². The van der Waals surface area contributed by atoms with Gasteiger partial charge in [0, 0.05) is 38.4 Å². The zero-order chi connectivity index (χ0) is 24.9. The predicted octanol–water partition coefficient (Wildman–Crippen LogP) is 4.85. The van der Waals surface area contributed by atoms with Crippen molar-refractivity contribution >= 4 is 17.8 Å². The summed E-state index contributed by atoms with van der Waals surface area (Å²) in [7, 11) is 0. The molecule has 6 nitrogen and oxygen atoms in total. The van der Waals surface area contributed by atoms with Crippen LogP contribution in [0.5, 0.6) is 0 Å². The molecule has 1 amide bonds. The van der Waals surface area contributed by atoms with Gasteiger partial charge in [0.2, 0.25) is 0 Å². The maximum atomic E-state index is 13.4. The van der Waals surface area contributed by atoms with Crippen molar-refractivity contribution in [1.82, 2.24) is 4.90 Å². The van der Waals surface area contributed by atoms with E-state index >= 15 is 0 Å². The number of hydrogen-bond donors (Lipinski definition) is 1. The Morgan fingerprint density at radius 3 is 2.29 bits per heavy atom. The van der Waals surface area contributed by atoms with Gasteiger partial charge in [-0.2, -0.15) is 0 Å². The van der Waals surface area contributed by atoms with Crippen LogP contribution in [-0.2, 0) is 40.1 Å². The molecule has 2 aromatic carbocycles. The van der Waals surface area contributed by atoms with Crippen molar-refractivity contribution < 1.29 is 33.0 Å². The summed E-state index contributed by atoms with van der Waals surface area (Å²) in [6, 6.07) is 8.85. The number of halogens is 2. The monoisotopic (exact) mass is 485 g/mol. The van der Waals surface area contributed by atoms with Crippen molar-refractivity contribution in [2.75, 3.05) is 6.54 Å². The van der Waals surface area contributed by atoms with E-state index in [1.165, 1.54) is 12.1 Å². The lowest BCUT2D eigenvalue weighted by Gasteiger charge is -2.32. The van der Waals surface area contributed by atoms with Crippen molar-refractivity contribution in [3.8, 4) is 0 Å². The first-order valence-corrected chi connectivity index (χ1v) is 12.0. The fourth-order valence-corrected chi connectivity index (χ4v) is 5.02. The van der Waals surface area contributed by atoms with Gasteiger partial charge < -0.3 is 14.7 Å². The lowest BCUT2D eigenvalue weighted by atomic mass is 9.85. The molecule has 4 rings (SSSR count). The maximum Gasteiger partial charge on any atom is 0.410 e. The number of benzene rings is 2. The highest BCUT2D eigenvalue weighted by Crippen LogP contribution is 2.29. The number of amides is 1. The van der Waals surface area contributed by atoms with Gasteiger partial charge >= 0.3 is 12.1 Å². The predicted molar refractivity (Wildman–Crippen MR) is 124 cm³/mol. The Kier molecular flexibility index (Phi) is 7.78. The molecule has 8 heteroatoms. The number of carboxylic acid groups (broad SMARTS) is 1. The van der Waals surface area contributed by atoms with Crippen LogP contribution in [0.3, 0.4) is 0 Å². The number of aliphatic carboxylic acids is 1. The highest BCUT2D eigenvalue weighted by atomic mass is 19.1. The molecule has 1 fully saturated rings. The van der Waals surface area contributed by atoms with Crippen LogP contribution in [0.25, 0.3) is 0 Å². The lowest BCUT2D eigenvalue weighted by molar-refractivity contribution is -0.138. The Labute approximate surface area is 202 Å². The number of carbonyl (C=O) groups is 3. The first kappa shape index (κ1) is 24.8. The van der Waals surface area contributed by atoms with Gasteiger partial charge in [-0.05, 0) is 72.4 Å². The summed E-state index contributed by atoms with van der Waals surface area (Å²) in [4.78, 5) is 37.7. The molecule has 2 aromatic rings. The Hall–Kier alpha value is -3.29. The fourth-order valence-electron chi connectivity index (χ4n) is 5.02. The molecule has 1 aliphatic carbocycles. The highest BCUT2D eigenvalue weighted by Gasteiger charge is 2.28. The molecule has 35 heavy (non-hydrogen) atoms. The van der Waals surface area contributed by atoms with Crippen LogP contribution in [0.4, 0.5) is 13.6 Å². The molecule has 0 bridgehead atoms. The zero-order valence-electron chi connectivity index (χ0n) is 19.5. The minimum atomic E-state index is -0.785. The van der Waals surface area contributed by atoms with Gasteiger partial charge in [-0.15, -0.1) is 0 Å². The molecular weight excluding hydrogens is 456 g/mol. The first-order valence-electron chi connectivity index (χ1n) is 12.0. The van der Waals surface area contributed by atoms with Gasteiger partial charge in [0.05, 0.1) is 0 Å². The molecule has 1 N–H and O–H groups in total. The molecule has 186 valence electrons. The average molecular weight is 486 g/mol. The normalized spacial score (nSPS) is 19.7. The van der Waals surface area contributed by atoms with Gasteiger partial charge in [-0.1, -0.05) is 18.2 Å². The molecule has 1 heterocycles. The second-order valence-corrected chi connectivity index (χ2v) is 9.57. The number of nitrogens with zero attached hydrogens (tertiary/aromatic N) is 1. The summed E-state index contributed by atoms with van der Waals surface area (Å²) in [5.74, 6) is -2.16. The molecular formula is C27H29F2NO5. The van der Waals surface area contributed by atoms with Crippen molar-refractivity contribution in [3.05, 3.63) is 70.3 Å². The standard InChI is InChI=1S/C27H29F2NO5/c28-22-10-19(11-23(29)15-22)13-24(31)12-18-1-4-21-16-30(8-7-20(21)9-18)27(34)35-25-5-2-17(3-6-25)14-26(32)33/h1,4,9-11,15,17,25H,2-3,5-8,12-14,16H2,(H,32,33). The van der Waals surface area contributed by atoms with Gasteiger partial charge in [-0.3, -0.25) is 9.59 Å². The van der Waals surface area contributed by atoms with Crippen LogP contribution in [0.2, 0.25) is 0 Å². The third-order valence-corrected chi connectivity index (χ3v) is 6.79. The van der Waals surface area contributed by atoms with E-state index in [-0.39, 0.29) is 43.2 Å². The Bertz CT molecular complexity index is 1090. The smallest absolute Gasteiger partial charge is 0.410 e. The van der Waals surface area contributed by atoms with E-state index in [2.05, 4.69) is 0 Å². The van der Waals surface area contributed by atoms with Gasteiger partial charge in [0.15, 0.2) is 0 Å². The number of Topliss-reactive ketones (excluding diaryl/α,β-unsaturated/α-hetero) is 1. The molecule has 0 atom stereocenters. The van der Waals surface area contributed by atoms with Gasteiger partial charge in [-0.25, -0.2) is 13.6 Å². The maximum absolute atomic E-state index is 13.4. The number of rotatable bonds is 7. The first-order chi connectivity index (χ1) is 16.7. The van der Waals surface area contributed by atoms with Crippen LogP contribution < -0.4 is 0 Å². The van der Waals surface area contributed by atoms with Crippen molar-refractivity contribution in [1.29, 1.82) is 0 Å². The topological polar surface area (TPSA) is 83.9 Å². The summed E-state index contributed by atoms with van der Waals surface area (Å²) < 4.78 is 32.4. The Morgan fingerprint density at radius 2 is 1.60 bits per heavy atom. The van der Waals surface area contributed by atoms with Crippen LogP contribution in [0.15, 0.2) is 36.4 Å². The Morgan fingerprint density at radius 1 is 0.914 bits per heavy atom. The van der Waals surface area contributed by atoms with Crippen molar-refractivity contribution in [2.45, 2.75) is 64.0 Å². The van der Waals surface area contributed by atoms with E-state index in [1.807, 2.05) is 18.2 Å². The molecule has 0 aromatic heterocycles. The van der Waals surface area contributed by atoms with Crippen LogP contribution in [0.1, 0.15) is 54.4 Å². The highest BCUT2D eigenvalue weighted by molar-refractivity contribution is 5.83. The number of carboxylic acids is 1. The summed E-state index contributed by atoms with van der Waals surface area (Å²) in [6.45, 7) is 0.944. The third-order valence-electron chi connectivity index (χ3n) is 6.79. The number of ether oxygens (including phenoxy) is 1. The number of hydrogen-bond acceptors (Lipinski definition) is 4. The second kappa shape index (κ2) is 11.0. The molecule has 0 spiro atoms. The minimum absolute atomic E-state index is 0.0381. The quantitative estimate of drug-likeness (QED) is 0.606. The molecule has 1 saturated carbocycles. The average Bonchev–Trinajstić information content (AvgIpc) is 2.79. The summed E-state index contributed by atoms with van der Waals surface area (Å²) in [6.07, 6.45) is 3.30. The second-order valence-electron chi connectivity index (χ2n) is 9.57. The fraction of sp³-hybridized carbons (Fsp3) is 0.444. The number of carbonyl (C=O) groups excluding carboxylic acids is 2. The summed E-state index contributed by atoms with van der Waals surface area (Å²) in [5.41, 5.74) is 3.22. The van der Waals surface area contributed by atoms with Gasteiger partial charge in [0.25, 0.3) is 0 Å². The number of fused-ring (bicyclic) bond motifs is 1. The SMILES string of the molecule is O=C(O)CC1CCC(OC(=O)N2CCc3cc(CC(=O)Cc4cc(F)cc(F)c4)ccc3C2)CC1. The van der Waals surface area contributed by atoms with E-state index in [9.17, 15) is 23.2 Å². The lowest BCUT2D eigenvalue weighted by Crippen LogP contribution is -2.39. The molecule has 2 aliphatic rings. The largest absolute Gasteiger partial charge is 0.481 e. The van der Waals surface area contributed by atoms with Gasteiger partial charge in [0.1, 0.15) is 23.5 Å². The van der Waals surface area contributed by atoms with Crippen LogP contribution in [-0.4, -0.2) is 40.5 Å². The van der Waals surface area contributed by atoms with Crippen molar-refractivity contribution in [2.24, 2.45) is 5.92 Å². The van der Waals surface area contributed by atoms with E-state index < -0.39 is 17.6 Å². The van der Waals surface area contributed by atoms with E-state index in [0.29, 0.717) is 37.9 Å². The summed E-state index contributed by atoms with van der Waals surface area (Å²) in [5, 5.41) is 8.93. The molecule has 0 saturated heterocycles. The molecule has 1 aliphatic heterocycles. The van der Waals surface area contributed by atoms with Crippen molar-refractivity contribution in [3.63, 3.8) is 0 Å². The van der Waals surface area contributed by atoms with E-state index in [4.69, 9.17) is 9.84 Å². The Balaban J connectivity index is 1.28. The third kappa shape index (κ3) is 6.87.